The Hall–Kier alpha value is -6.90. The van der Waals surface area contributed by atoms with Crippen LogP contribution in [0.3, 0.4) is 0 Å². The van der Waals surface area contributed by atoms with Gasteiger partial charge in [-0.2, -0.15) is 132 Å². The van der Waals surface area contributed by atoms with Crippen molar-refractivity contribution in [1.82, 2.24) is 0 Å². The van der Waals surface area contributed by atoms with Crippen molar-refractivity contribution in [2.75, 3.05) is 0 Å². The Balaban J connectivity index is 0.000000520. The normalized spacial score (nSPS) is 13.4. The molecule has 1 aromatic heterocycles. The average molecular weight is 1080 g/mol. The highest BCUT2D eigenvalue weighted by Gasteiger charge is 2.47. The number of halogens is 24. The first-order chi connectivity index (χ1) is 33.0. The van der Waals surface area contributed by atoms with Gasteiger partial charge in [-0.1, -0.05) is 54.6 Å². The number of alkyl halides is 24. The molecule has 392 valence electrons. The summed E-state index contributed by atoms with van der Waals surface area (Å²) >= 11 is 0. The highest BCUT2D eigenvalue weighted by atomic mass is 19.4. The van der Waals surface area contributed by atoms with E-state index in [4.69, 9.17) is 5.11 Å². The second kappa shape index (κ2) is 19.5. The highest BCUT2D eigenvalue weighted by molar-refractivity contribution is 7.20. The maximum atomic E-state index is 14.2. The van der Waals surface area contributed by atoms with Gasteiger partial charge in [-0.25, -0.2) is 0 Å². The van der Waals surface area contributed by atoms with Crippen LogP contribution < -0.4 is 26.4 Å². The molecule has 0 bridgehead atoms. The minimum absolute atomic E-state index is 0.0243. The lowest BCUT2D eigenvalue weighted by atomic mass is 9.12. The number of benzene rings is 5. The first-order valence-corrected chi connectivity index (χ1v) is 19.6. The fourth-order valence-electron chi connectivity index (χ4n) is 7.51. The maximum Gasteiger partial charge on any atom is 0.416 e. The molecule has 6 aromatic rings. The molecule has 1 heterocycles. The van der Waals surface area contributed by atoms with E-state index in [1.54, 1.807) is 12.1 Å². The topological polar surface area (TPSA) is 41.2 Å². The van der Waals surface area contributed by atoms with Crippen LogP contribution in [0.25, 0.3) is 0 Å². The molecule has 0 radical (unpaired) electrons. The van der Waals surface area contributed by atoms with Crippen molar-refractivity contribution in [3.05, 3.63) is 178 Å². The van der Waals surface area contributed by atoms with E-state index in [2.05, 4.69) is 0 Å². The predicted molar refractivity (Wildman–Crippen MR) is 209 cm³/mol. The number of ketones is 1. The Labute approximate surface area is 392 Å². The summed E-state index contributed by atoms with van der Waals surface area (Å²) in [6.07, 6.45) is -51.1. The second-order valence-corrected chi connectivity index (χ2v) is 15.7. The number of phenolic OH excluding ortho intramolecular Hbond substituents is 1. The van der Waals surface area contributed by atoms with Crippen LogP contribution in [0.15, 0.2) is 128 Å². The van der Waals surface area contributed by atoms with Crippen molar-refractivity contribution in [3.63, 3.8) is 0 Å². The van der Waals surface area contributed by atoms with Crippen molar-refractivity contribution in [2.24, 2.45) is 0 Å². The largest absolute Gasteiger partial charge is 0.508 e. The zero-order valence-corrected chi connectivity index (χ0v) is 35.3. The number of rotatable bonds is 7. The fourth-order valence-corrected chi connectivity index (χ4v) is 7.51. The number of nitrogens with zero attached hydrogens (tertiary/aromatic N) is 1. The Morgan fingerprint density at radius 2 is 0.575 bits per heavy atom. The van der Waals surface area contributed by atoms with E-state index < -0.39 is 195 Å². The van der Waals surface area contributed by atoms with Gasteiger partial charge in [0.15, 0.2) is 12.4 Å². The molecule has 0 aliphatic rings. The van der Waals surface area contributed by atoms with Crippen LogP contribution in [-0.2, 0) is 56.0 Å². The lowest BCUT2D eigenvalue weighted by Crippen LogP contribution is -2.75. The van der Waals surface area contributed by atoms with Crippen LogP contribution in [-0.4, -0.2) is 17.0 Å². The Bertz CT molecular complexity index is 2510. The molecular formula is C45H24BF24NO2. The number of carbonyl (C=O) groups is 1. The van der Waals surface area contributed by atoms with Gasteiger partial charge < -0.3 is 5.11 Å². The fraction of sp³-hybridized carbons (Fsp3) is 0.200. The van der Waals surface area contributed by atoms with E-state index in [-0.39, 0.29) is 11.5 Å². The number of carbonyl (C=O) groups excluding carboxylic acids is 1. The molecule has 1 N–H and O–H groups in total. The number of hydrogen-bond donors (Lipinski definition) is 1. The lowest BCUT2D eigenvalue weighted by molar-refractivity contribution is -0.683. The standard InChI is InChI=1S/C32H12BF24.C13H11NO2/c34-25(35,36)13-1-14(26(37,38)39)6-21(5-13)33(22-7-15(27(40,41)42)2-16(8-22)28(43,44)45,23-9-17(29(46,47)48)3-18(10-23)30(49,50)51)24-11-19(31(52,53)54)4-20(12-24)32(55,56)57;15-12-6-4-11(5-7-12)13(16)10-14-8-2-1-3-9-14/h1-12H;1-9H,10H2/q-1;/p+1. The highest BCUT2D eigenvalue weighted by Crippen LogP contribution is 2.41. The van der Waals surface area contributed by atoms with E-state index in [0.29, 0.717) is 12.1 Å². The van der Waals surface area contributed by atoms with Gasteiger partial charge in [0.2, 0.25) is 12.3 Å². The molecule has 3 nitrogen and oxygen atoms in total. The van der Waals surface area contributed by atoms with Crippen molar-refractivity contribution in [3.8, 4) is 5.75 Å². The van der Waals surface area contributed by atoms with Crippen molar-refractivity contribution >= 4 is 33.8 Å². The van der Waals surface area contributed by atoms with Gasteiger partial charge in [0.05, 0.1) is 44.5 Å². The lowest BCUT2D eigenvalue weighted by Gasteiger charge is -2.46. The first kappa shape index (κ1) is 57.0. The van der Waals surface area contributed by atoms with E-state index in [9.17, 15) is 110 Å². The van der Waals surface area contributed by atoms with Gasteiger partial charge in [0.25, 0.3) is 0 Å². The SMILES string of the molecule is FC(F)(F)c1cc([B-](c2cc(C(F)(F)F)cc(C(F)(F)F)c2)(c2cc(C(F)(F)F)cc(C(F)(F)F)c2)c2cc(C(F)(F)F)cc(C(F)(F)F)c2)cc(C(F)(F)F)c1.O=C(C[n+]1ccccc1)c1ccc(O)cc1. The van der Waals surface area contributed by atoms with Crippen LogP contribution in [0.4, 0.5) is 105 Å². The minimum atomic E-state index is -6.13. The average Bonchev–Trinajstić information content (AvgIpc) is 3.25. The van der Waals surface area contributed by atoms with Gasteiger partial charge in [-0.05, 0) is 48.5 Å². The maximum absolute atomic E-state index is 14.2. The van der Waals surface area contributed by atoms with Crippen LogP contribution in [0.5, 0.6) is 5.75 Å². The van der Waals surface area contributed by atoms with Crippen LogP contribution in [0.1, 0.15) is 54.9 Å². The molecule has 6 rings (SSSR count). The number of aromatic nitrogens is 1. The van der Waals surface area contributed by atoms with E-state index in [0.717, 1.165) is 0 Å². The third-order valence-electron chi connectivity index (χ3n) is 10.7. The zero-order valence-electron chi connectivity index (χ0n) is 35.3. The number of Topliss-reactive ketones (excluding diaryl/α,β-unsaturated/α-hetero) is 1. The summed E-state index contributed by atoms with van der Waals surface area (Å²) in [4.78, 5) is 11.8. The number of phenols is 1. The van der Waals surface area contributed by atoms with Crippen molar-refractivity contribution in [1.29, 1.82) is 0 Å². The summed E-state index contributed by atoms with van der Waals surface area (Å²) in [5.74, 6) is 0.195. The van der Waals surface area contributed by atoms with E-state index in [1.165, 1.54) is 12.1 Å². The molecule has 0 unspecified atom stereocenters. The third kappa shape index (κ3) is 13.4. The smallest absolute Gasteiger partial charge is 0.416 e. The number of aromatic hydroxyl groups is 1. The van der Waals surface area contributed by atoms with Crippen molar-refractivity contribution in [2.45, 2.75) is 56.0 Å². The summed E-state index contributed by atoms with van der Waals surface area (Å²) in [6, 6.07) is 3.14. The van der Waals surface area contributed by atoms with Gasteiger partial charge in [0.1, 0.15) is 11.9 Å². The molecule has 0 saturated heterocycles. The first-order valence-electron chi connectivity index (χ1n) is 19.6. The van der Waals surface area contributed by atoms with Crippen LogP contribution in [0, 0.1) is 0 Å². The molecule has 0 aliphatic carbocycles. The summed E-state index contributed by atoms with van der Waals surface area (Å²) in [7, 11) is 0. The van der Waals surface area contributed by atoms with Crippen LogP contribution in [0.2, 0.25) is 0 Å². The minimum Gasteiger partial charge on any atom is -0.508 e. The second-order valence-electron chi connectivity index (χ2n) is 15.7. The summed E-state index contributed by atoms with van der Waals surface area (Å²) in [5, 5.41) is 9.11. The quantitative estimate of drug-likeness (QED) is 0.0749. The van der Waals surface area contributed by atoms with Gasteiger partial charge in [0, 0.05) is 17.7 Å². The summed E-state index contributed by atoms with van der Waals surface area (Å²) < 4.78 is 343. The molecular weight excluding hydrogens is 1050 g/mol. The summed E-state index contributed by atoms with van der Waals surface area (Å²) in [6.45, 7) is 0.311. The summed E-state index contributed by atoms with van der Waals surface area (Å²) in [5.41, 5.74) is -29.6. The molecule has 28 heteroatoms. The molecule has 5 aromatic carbocycles. The van der Waals surface area contributed by atoms with Crippen LogP contribution >= 0.6 is 0 Å². The molecule has 0 amide bonds. The van der Waals surface area contributed by atoms with Gasteiger partial charge >= 0.3 is 49.4 Å². The Morgan fingerprint density at radius 1 is 0.356 bits per heavy atom. The monoisotopic (exact) mass is 1080 g/mol. The molecule has 0 spiro atoms. The molecule has 0 saturated carbocycles. The molecule has 73 heavy (non-hydrogen) atoms. The molecule has 0 aliphatic heterocycles. The predicted octanol–water partition coefficient (Wildman–Crippen LogP) is 12.8. The molecule has 0 atom stereocenters. The molecule has 0 fully saturated rings. The third-order valence-corrected chi connectivity index (χ3v) is 10.7. The van der Waals surface area contributed by atoms with Gasteiger partial charge in [-0.15, -0.1) is 0 Å². The number of pyridine rings is 1. The van der Waals surface area contributed by atoms with E-state index in [1.807, 2.05) is 35.2 Å². The zero-order chi connectivity index (χ0) is 55.3. The number of hydrogen-bond acceptors (Lipinski definition) is 2. The Kier molecular flexibility index (Phi) is 15.2. The van der Waals surface area contributed by atoms with Gasteiger partial charge in [-0.3, -0.25) is 4.79 Å². The van der Waals surface area contributed by atoms with E-state index >= 15 is 0 Å². The Morgan fingerprint density at radius 3 is 0.781 bits per heavy atom. The van der Waals surface area contributed by atoms with Crippen molar-refractivity contribution < 1.29 is 120 Å².